The highest BCUT2D eigenvalue weighted by Gasteiger charge is 2.49. The van der Waals surface area contributed by atoms with Crippen LogP contribution in [0, 0.1) is 5.82 Å². The molecule has 0 saturated carbocycles. The Labute approximate surface area is 811 Å². The summed E-state index contributed by atoms with van der Waals surface area (Å²) in [6.07, 6.45) is 0. The van der Waals surface area contributed by atoms with Gasteiger partial charge in [-0.1, -0.05) is 432 Å². The molecule has 0 heterocycles. The average molecular weight is 1790 g/mol. The lowest BCUT2D eigenvalue weighted by Crippen LogP contribution is -2.23. The van der Waals surface area contributed by atoms with E-state index in [0.29, 0.717) is 33.4 Å². The van der Waals surface area contributed by atoms with Gasteiger partial charge in [-0.3, -0.25) is 0 Å². The summed E-state index contributed by atoms with van der Waals surface area (Å²) in [5.41, 5.74) is 34.9. The molecule has 664 valence electrons. The number of nitrogens with zero attached hydrogens (tertiary/aromatic N) is 3. The summed E-state index contributed by atoms with van der Waals surface area (Å²) in [5.74, 6) is -0.217. The number of halogens is 3. The van der Waals surface area contributed by atoms with Crippen LogP contribution in [0.15, 0.2) is 528 Å². The van der Waals surface area contributed by atoms with Gasteiger partial charge in [0.2, 0.25) is 0 Å². The monoisotopic (exact) mass is 1790 g/mol. The molecule has 0 radical (unpaired) electrons. The second kappa shape index (κ2) is 35.9. The normalized spacial score (nSPS) is 15.4. The minimum Gasteiger partial charge on any atom is -0.310 e. The van der Waals surface area contributed by atoms with Gasteiger partial charge in [0.15, 0.2) is 11.3 Å². The molecule has 0 spiro atoms. The first-order valence-electron chi connectivity index (χ1n) is 47.7. The van der Waals surface area contributed by atoms with E-state index in [4.69, 9.17) is 0 Å². The summed E-state index contributed by atoms with van der Waals surface area (Å²) in [6.45, 7) is 6.86. The Morgan fingerprint density at radius 3 is 0.791 bits per heavy atom. The zero-order chi connectivity index (χ0) is 93.8. The fraction of sp³-hybridized carbons (Fsp3) is 0.0526. The van der Waals surface area contributed by atoms with Crippen molar-refractivity contribution in [2.45, 2.75) is 42.9 Å². The molecule has 0 amide bonds. The molecule has 0 aliphatic heterocycles. The number of fused-ring (bicyclic) bond motifs is 12. The first kappa shape index (κ1) is 86.0. The summed E-state index contributed by atoms with van der Waals surface area (Å²) < 4.78 is 50.6. The van der Waals surface area contributed by atoms with E-state index in [9.17, 15) is 4.39 Å². The van der Waals surface area contributed by atoms with Gasteiger partial charge in [-0.15, -0.1) is 0 Å². The highest BCUT2D eigenvalue weighted by molar-refractivity contribution is 5.96. The Morgan fingerprint density at radius 2 is 0.403 bits per heavy atom. The average Bonchev–Trinajstić information content (AvgIpc) is 1.56. The van der Waals surface area contributed by atoms with E-state index in [2.05, 4.69) is 399 Å². The van der Waals surface area contributed by atoms with Crippen molar-refractivity contribution < 1.29 is 13.2 Å². The Hall–Kier alpha value is -17.2. The van der Waals surface area contributed by atoms with Gasteiger partial charge in [0, 0.05) is 84.0 Å². The molecular weight excluding hydrogens is 1700 g/mol. The topological polar surface area (TPSA) is 9.72 Å². The van der Waals surface area contributed by atoms with Gasteiger partial charge in [0.25, 0.3) is 0 Å². The molecule has 6 heteroatoms. The molecule has 25 rings (SSSR count). The van der Waals surface area contributed by atoms with Crippen LogP contribution in [0.4, 0.5) is 64.4 Å². The second-order valence-corrected chi connectivity index (χ2v) is 36.9. The maximum Gasteiger partial charge on any atom is 0.187 e. The van der Waals surface area contributed by atoms with Crippen molar-refractivity contribution in [3.05, 3.63) is 595 Å². The molecule has 0 fully saturated rings. The van der Waals surface area contributed by atoms with Crippen molar-refractivity contribution in [2.24, 2.45) is 0 Å². The molecule has 4 aliphatic rings. The van der Waals surface area contributed by atoms with Gasteiger partial charge in [-0.2, -0.15) is 0 Å². The molecule has 4 aliphatic carbocycles. The van der Waals surface area contributed by atoms with Crippen LogP contribution in [-0.2, 0) is 22.2 Å². The third kappa shape index (κ3) is 15.2. The molecule has 3 unspecified atom stereocenters. The standard InChI is InChI=1S/C46H34FN.C44H32FN.C43H30FN/c1-45(2)40-22-12-9-20-36(40)38-27-25-33(29-42(38)45)48(44-24-14-11-19-35(44)31-15-5-3-6-16-31)34-26-28-39-37-21-10-13-23-41(37)46(47,43(39)30-34)32-17-7-4-8-18-32;1-44(34-17-9-4-10-18-34)41-29-35(45)23-27-39(41)40-28-26-37(30-42(40)44)46(36-24-21-32(22-25-36)31-13-5-2-6-14-31)43-20-12-11-19-38(43)33-15-7-3-8-16-33;44-43(35-16-8-3-9-17-35)41-19-11-10-18-39(41)40-29-28-38(30-42(40)43)45(36-24-20-33(21-25-36)31-12-4-1-5-13-31)37-26-22-34(23-27-37)32-14-6-2-7-15-32/h3-30H,1-2H3;2-30H,1H3;1-30H. The molecule has 21 aromatic carbocycles. The number of alkyl halides is 2. The fourth-order valence-corrected chi connectivity index (χ4v) is 21.9. The van der Waals surface area contributed by atoms with Gasteiger partial charge >= 0.3 is 0 Å². The number of rotatable bonds is 17. The predicted molar refractivity (Wildman–Crippen MR) is 571 cm³/mol. The molecular formula is C133H96F3N3. The minimum absolute atomic E-state index is 0.159. The summed E-state index contributed by atoms with van der Waals surface area (Å²) in [6, 6.07) is 181. The van der Waals surface area contributed by atoms with Crippen molar-refractivity contribution in [1.82, 2.24) is 0 Å². The molecule has 3 nitrogen and oxygen atoms in total. The molecule has 139 heavy (non-hydrogen) atoms. The molecule has 21 aromatic rings. The Kier molecular flexibility index (Phi) is 22.2. The first-order chi connectivity index (χ1) is 68.3. The van der Waals surface area contributed by atoms with Gasteiger partial charge in [0.1, 0.15) is 5.82 Å². The lowest BCUT2D eigenvalue weighted by Gasteiger charge is -2.31. The predicted octanol–water partition coefficient (Wildman–Crippen LogP) is 36.1. The van der Waals surface area contributed by atoms with Crippen molar-refractivity contribution in [1.29, 1.82) is 0 Å². The van der Waals surface area contributed by atoms with Gasteiger partial charge in [-0.05, 0) is 244 Å². The van der Waals surface area contributed by atoms with Crippen LogP contribution in [0.25, 0.3) is 100 Å². The maximum absolute atomic E-state index is 18.0. The van der Waals surface area contributed by atoms with E-state index in [-0.39, 0.29) is 11.2 Å². The van der Waals surface area contributed by atoms with Crippen molar-refractivity contribution in [3.63, 3.8) is 0 Å². The first-order valence-corrected chi connectivity index (χ1v) is 47.7. The highest BCUT2D eigenvalue weighted by Crippen LogP contribution is 2.60. The molecule has 3 atom stereocenters. The Morgan fingerprint density at radius 1 is 0.165 bits per heavy atom. The van der Waals surface area contributed by atoms with E-state index >= 15 is 8.78 Å². The fourth-order valence-electron chi connectivity index (χ4n) is 21.9. The molecule has 0 bridgehead atoms. The van der Waals surface area contributed by atoms with E-state index < -0.39 is 16.8 Å². The summed E-state index contributed by atoms with van der Waals surface area (Å²) in [5, 5.41) is 0. The smallest absolute Gasteiger partial charge is 0.187 e. The Balaban J connectivity index is 0.000000117. The lowest BCUT2D eigenvalue weighted by atomic mass is 9.74. The van der Waals surface area contributed by atoms with Crippen LogP contribution in [0.5, 0.6) is 0 Å². The number of anilines is 9. The van der Waals surface area contributed by atoms with E-state index in [0.717, 1.165) is 129 Å². The van der Waals surface area contributed by atoms with E-state index in [1.807, 2.05) is 152 Å². The SMILES string of the molecule is CC1(C)c2ccccc2-c2ccc(N(c3ccc4c(c3)C(F)(c3ccccc3)c3ccccc3-4)c3ccccc3-c3ccccc3)cc21.CC1(c2ccccc2)c2cc(F)ccc2-c2ccc(N(c3ccc(-c4ccccc4)cc3)c3ccccc3-c3ccccc3)cc21.FC1(c2ccccc2)c2ccccc2-c2ccc(N(c3ccc(-c4ccccc4)cc3)c3ccc(-c4ccccc4)cc3)cc21. The zero-order valence-corrected chi connectivity index (χ0v) is 77.2. The van der Waals surface area contributed by atoms with Crippen LogP contribution < -0.4 is 14.7 Å². The van der Waals surface area contributed by atoms with Crippen LogP contribution in [0.1, 0.15) is 82.0 Å². The molecule has 0 N–H and O–H groups in total. The summed E-state index contributed by atoms with van der Waals surface area (Å²) in [4.78, 5) is 6.89. The van der Waals surface area contributed by atoms with E-state index in [1.165, 1.54) is 50.1 Å². The highest BCUT2D eigenvalue weighted by atomic mass is 19.1. The van der Waals surface area contributed by atoms with E-state index in [1.54, 1.807) is 12.1 Å². The van der Waals surface area contributed by atoms with Crippen LogP contribution >= 0.6 is 0 Å². The third-order valence-electron chi connectivity index (χ3n) is 28.7. The summed E-state index contributed by atoms with van der Waals surface area (Å²) >= 11 is 0. The van der Waals surface area contributed by atoms with Gasteiger partial charge in [0.05, 0.1) is 11.4 Å². The number of hydrogen-bond acceptors (Lipinski definition) is 3. The van der Waals surface area contributed by atoms with Crippen molar-refractivity contribution >= 4 is 51.2 Å². The largest absolute Gasteiger partial charge is 0.310 e. The Bertz CT molecular complexity index is 8020. The van der Waals surface area contributed by atoms with Crippen LogP contribution in [0.3, 0.4) is 0 Å². The number of para-hydroxylation sites is 2. The van der Waals surface area contributed by atoms with Crippen molar-refractivity contribution in [2.75, 3.05) is 14.7 Å². The molecule has 0 aromatic heterocycles. The minimum atomic E-state index is -1.78. The number of benzene rings is 21. The zero-order valence-electron chi connectivity index (χ0n) is 77.2. The van der Waals surface area contributed by atoms with Gasteiger partial charge in [-0.25, -0.2) is 13.2 Å². The number of hydrogen-bond donors (Lipinski definition) is 0. The second-order valence-electron chi connectivity index (χ2n) is 36.9. The quantitative estimate of drug-likeness (QED) is 0.0900. The lowest BCUT2D eigenvalue weighted by molar-refractivity contribution is 0.288. The third-order valence-corrected chi connectivity index (χ3v) is 28.7. The van der Waals surface area contributed by atoms with Gasteiger partial charge < -0.3 is 14.7 Å². The van der Waals surface area contributed by atoms with Crippen LogP contribution in [0.2, 0.25) is 0 Å². The van der Waals surface area contributed by atoms with Crippen molar-refractivity contribution in [3.8, 4) is 100 Å². The summed E-state index contributed by atoms with van der Waals surface area (Å²) in [7, 11) is 0. The van der Waals surface area contributed by atoms with Crippen LogP contribution in [-0.4, -0.2) is 0 Å². The molecule has 0 saturated heterocycles. The maximum atomic E-state index is 18.0.